The quantitative estimate of drug-likeness (QED) is 0.773. The number of carbonyl (C=O) groups is 1. The summed E-state index contributed by atoms with van der Waals surface area (Å²) in [7, 11) is -0.650. The third-order valence-electron chi connectivity index (χ3n) is 5.16. The van der Waals surface area contributed by atoms with Gasteiger partial charge in [0.25, 0.3) is 10.2 Å². The first-order valence-electron chi connectivity index (χ1n) is 8.70. The van der Waals surface area contributed by atoms with Gasteiger partial charge in [0.2, 0.25) is 12.7 Å². The molecular formula is C17H21N5O5S. The number of fused-ring (bicyclic) bond motifs is 1. The van der Waals surface area contributed by atoms with Crippen molar-refractivity contribution in [2.75, 3.05) is 19.2 Å². The van der Waals surface area contributed by atoms with Gasteiger partial charge < -0.3 is 14.8 Å². The molecule has 0 bridgehead atoms. The van der Waals surface area contributed by atoms with Crippen LogP contribution in [0.4, 0.5) is 5.69 Å². The van der Waals surface area contributed by atoms with Gasteiger partial charge in [0, 0.05) is 37.1 Å². The summed E-state index contributed by atoms with van der Waals surface area (Å²) in [6.07, 6.45) is 1.90. The fraction of sp³-hybridized carbons (Fsp3) is 0.412. The van der Waals surface area contributed by atoms with E-state index < -0.39 is 28.2 Å². The predicted molar refractivity (Wildman–Crippen MR) is 100 cm³/mol. The van der Waals surface area contributed by atoms with Crippen LogP contribution >= 0.6 is 0 Å². The van der Waals surface area contributed by atoms with Crippen molar-refractivity contribution in [3.63, 3.8) is 0 Å². The molecule has 4 rings (SSSR count). The van der Waals surface area contributed by atoms with Crippen LogP contribution < -0.4 is 19.5 Å². The third-order valence-corrected chi connectivity index (χ3v) is 6.75. The number of hydrogen-bond donors (Lipinski definition) is 2. The summed E-state index contributed by atoms with van der Waals surface area (Å²) < 4.78 is 41.1. The zero-order chi connectivity index (χ0) is 20.1. The molecule has 2 atom stereocenters. The minimum Gasteiger partial charge on any atom is -0.454 e. The highest BCUT2D eigenvalue weighted by Crippen LogP contribution is 2.35. The number of amides is 1. The highest BCUT2D eigenvalue weighted by Gasteiger charge is 2.41. The first-order chi connectivity index (χ1) is 13.3. The number of nitrogens with zero attached hydrogens (tertiary/aromatic N) is 3. The van der Waals surface area contributed by atoms with Crippen molar-refractivity contribution in [2.45, 2.75) is 25.4 Å². The number of hydrogen-bond acceptors (Lipinski definition) is 6. The van der Waals surface area contributed by atoms with E-state index in [4.69, 9.17) is 9.47 Å². The molecule has 2 aromatic rings. The van der Waals surface area contributed by atoms with Crippen LogP contribution in [0, 0.1) is 6.92 Å². The maximum absolute atomic E-state index is 12.9. The molecule has 1 amide bonds. The Kier molecular flexibility index (Phi) is 4.52. The Morgan fingerprint density at radius 1 is 1.29 bits per heavy atom. The Labute approximate surface area is 162 Å². The molecule has 11 heteroatoms. The number of benzene rings is 1. The summed E-state index contributed by atoms with van der Waals surface area (Å²) in [6.45, 7) is 1.99. The van der Waals surface area contributed by atoms with E-state index in [-0.39, 0.29) is 13.2 Å². The van der Waals surface area contributed by atoms with Gasteiger partial charge in [-0.3, -0.25) is 9.48 Å². The Morgan fingerprint density at radius 2 is 2.04 bits per heavy atom. The Hall–Kier alpha value is -2.63. The Balaban J connectivity index is 1.58. The van der Waals surface area contributed by atoms with Crippen molar-refractivity contribution >= 4 is 21.8 Å². The van der Waals surface area contributed by atoms with Gasteiger partial charge >= 0.3 is 0 Å². The number of rotatable bonds is 3. The zero-order valence-corrected chi connectivity index (χ0v) is 16.5. The molecule has 10 nitrogen and oxygen atoms in total. The normalized spacial score (nSPS) is 23.5. The minimum atomic E-state index is -3.82. The van der Waals surface area contributed by atoms with E-state index in [0.717, 1.165) is 15.6 Å². The van der Waals surface area contributed by atoms with E-state index in [2.05, 4.69) is 15.1 Å². The largest absolute Gasteiger partial charge is 0.454 e. The molecular weight excluding hydrogens is 386 g/mol. The van der Waals surface area contributed by atoms with Gasteiger partial charge in [-0.05, 0) is 25.5 Å². The molecule has 0 unspecified atom stereocenters. The average Bonchev–Trinajstić information content (AvgIpc) is 3.24. The number of nitrogens with one attached hydrogen (secondary N) is 2. The number of anilines is 1. The van der Waals surface area contributed by atoms with Crippen molar-refractivity contribution in [1.29, 1.82) is 0 Å². The number of aryl methyl sites for hydroxylation is 1. The summed E-state index contributed by atoms with van der Waals surface area (Å²) >= 11 is 0. The smallest absolute Gasteiger partial charge is 0.280 e. The summed E-state index contributed by atoms with van der Waals surface area (Å²) in [6, 6.07) is 3.62. The van der Waals surface area contributed by atoms with E-state index in [0.29, 0.717) is 17.2 Å². The summed E-state index contributed by atoms with van der Waals surface area (Å²) in [5, 5.41) is 6.94. The van der Waals surface area contributed by atoms with Crippen LogP contribution in [0.2, 0.25) is 0 Å². The van der Waals surface area contributed by atoms with E-state index in [1.54, 1.807) is 36.1 Å². The number of carbonyl (C=O) groups excluding carboxylic acids is 1. The molecule has 2 N–H and O–H groups in total. The first kappa shape index (κ1) is 18.7. The maximum atomic E-state index is 12.9. The second-order valence-electron chi connectivity index (χ2n) is 6.81. The number of likely N-dealkylation sites (N-methyl/N-ethyl adjacent to an activating group) is 1. The van der Waals surface area contributed by atoms with Gasteiger partial charge in [-0.2, -0.15) is 22.5 Å². The molecule has 1 saturated heterocycles. The van der Waals surface area contributed by atoms with Crippen LogP contribution in [0.3, 0.4) is 0 Å². The Morgan fingerprint density at radius 3 is 2.75 bits per heavy atom. The minimum absolute atomic E-state index is 0.133. The molecule has 28 heavy (non-hydrogen) atoms. The van der Waals surface area contributed by atoms with Gasteiger partial charge in [-0.25, -0.2) is 0 Å². The summed E-state index contributed by atoms with van der Waals surface area (Å²) in [4.78, 5) is 12.9. The Bertz CT molecular complexity index is 1030. The van der Waals surface area contributed by atoms with Crippen molar-refractivity contribution in [3.05, 3.63) is 35.7 Å². The topological polar surface area (TPSA) is 115 Å². The zero-order valence-electron chi connectivity index (χ0n) is 15.7. The SMILES string of the molecule is Cc1c([C@H]2C[C@@H](C(=O)Nc3ccc4c(c3)OCO4)N(C)S(=O)(=O)N2)cnn1C. The number of ether oxygens (including phenoxy) is 2. The monoisotopic (exact) mass is 407 g/mol. The maximum Gasteiger partial charge on any atom is 0.280 e. The molecule has 3 heterocycles. The highest BCUT2D eigenvalue weighted by molar-refractivity contribution is 7.87. The van der Waals surface area contributed by atoms with Crippen LogP contribution in [0.15, 0.2) is 24.4 Å². The molecule has 0 aliphatic carbocycles. The molecule has 2 aliphatic heterocycles. The average molecular weight is 407 g/mol. The van der Waals surface area contributed by atoms with Crippen LogP contribution in [-0.4, -0.2) is 48.3 Å². The molecule has 1 aromatic heterocycles. The highest BCUT2D eigenvalue weighted by atomic mass is 32.2. The standard InChI is InChI=1S/C17H21N5O5S/c1-10-12(8-18-21(10)2)13-7-14(22(3)28(24,25)20-13)17(23)19-11-4-5-15-16(6-11)27-9-26-15/h4-6,8,13-14,20H,7,9H2,1-3H3,(H,19,23)/t13-,14+/m1/s1. The molecule has 2 aliphatic rings. The van der Waals surface area contributed by atoms with Gasteiger partial charge in [-0.1, -0.05) is 0 Å². The molecule has 150 valence electrons. The van der Waals surface area contributed by atoms with E-state index >= 15 is 0 Å². The van der Waals surface area contributed by atoms with E-state index in [9.17, 15) is 13.2 Å². The van der Waals surface area contributed by atoms with Gasteiger partial charge in [0.05, 0.1) is 12.2 Å². The lowest BCUT2D eigenvalue weighted by atomic mass is 10.00. The fourth-order valence-electron chi connectivity index (χ4n) is 3.37. The van der Waals surface area contributed by atoms with Crippen molar-refractivity contribution < 1.29 is 22.7 Å². The summed E-state index contributed by atoms with van der Waals surface area (Å²) in [5.41, 5.74) is 2.10. The van der Waals surface area contributed by atoms with Crippen LogP contribution in [0.25, 0.3) is 0 Å². The molecule has 0 saturated carbocycles. The third kappa shape index (κ3) is 3.21. The van der Waals surface area contributed by atoms with Crippen molar-refractivity contribution in [1.82, 2.24) is 18.8 Å². The lowest BCUT2D eigenvalue weighted by Crippen LogP contribution is -2.56. The number of aromatic nitrogens is 2. The molecule has 0 spiro atoms. The lowest BCUT2D eigenvalue weighted by molar-refractivity contribution is -0.120. The van der Waals surface area contributed by atoms with E-state index in [1.165, 1.54) is 7.05 Å². The lowest BCUT2D eigenvalue weighted by Gasteiger charge is -2.36. The van der Waals surface area contributed by atoms with Gasteiger partial charge in [0.15, 0.2) is 11.5 Å². The molecule has 1 fully saturated rings. The van der Waals surface area contributed by atoms with Crippen molar-refractivity contribution in [3.8, 4) is 11.5 Å². The first-order valence-corrected chi connectivity index (χ1v) is 10.1. The van der Waals surface area contributed by atoms with Gasteiger partial charge in [0.1, 0.15) is 6.04 Å². The van der Waals surface area contributed by atoms with Crippen LogP contribution in [-0.2, 0) is 22.1 Å². The van der Waals surface area contributed by atoms with E-state index in [1.807, 2.05) is 6.92 Å². The predicted octanol–water partition coefficient (Wildman–Crippen LogP) is 0.676. The molecule has 1 aromatic carbocycles. The van der Waals surface area contributed by atoms with Crippen molar-refractivity contribution in [2.24, 2.45) is 7.05 Å². The van der Waals surface area contributed by atoms with Crippen LogP contribution in [0.1, 0.15) is 23.7 Å². The fourth-order valence-corrected chi connectivity index (χ4v) is 4.64. The molecule has 0 radical (unpaired) electrons. The second kappa shape index (κ2) is 6.76. The second-order valence-corrected chi connectivity index (χ2v) is 8.57. The van der Waals surface area contributed by atoms with Gasteiger partial charge in [-0.15, -0.1) is 0 Å². The van der Waals surface area contributed by atoms with Crippen LogP contribution in [0.5, 0.6) is 11.5 Å². The summed E-state index contributed by atoms with van der Waals surface area (Å²) in [5.74, 6) is 0.720.